The van der Waals surface area contributed by atoms with Gasteiger partial charge in [0.05, 0.1) is 6.26 Å². The second-order valence-electron chi connectivity index (χ2n) is 4.88. The number of nitrogens with one attached hydrogen (secondary N) is 2. The maximum absolute atomic E-state index is 5.37. The molecule has 0 aromatic carbocycles. The lowest BCUT2D eigenvalue weighted by atomic mass is 10.2. The Balaban J connectivity index is 2.03. The Labute approximate surface area is 129 Å². The highest BCUT2D eigenvalue weighted by molar-refractivity contribution is 7.98. The topological polar surface area (TPSA) is 63.0 Å². The van der Waals surface area contributed by atoms with Gasteiger partial charge in [-0.2, -0.15) is 0 Å². The molecule has 1 unspecified atom stereocenters. The maximum atomic E-state index is 5.37. The summed E-state index contributed by atoms with van der Waals surface area (Å²) in [7, 11) is 0. The maximum Gasteiger partial charge on any atom is 0.191 e. The molecule has 114 valence electrons. The van der Waals surface area contributed by atoms with Crippen LogP contribution in [-0.2, 0) is 6.42 Å². The second kappa shape index (κ2) is 7.93. The van der Waals surface area contributed by atoms with Crippen LogP contribution >= 0.6 is 11.8 Å². The van der Waals surface area contributed by atoms with E-state index >= 15 is 0 Å². The van der Waals surface area contributed by atoms with E-state index in [1.807, 2.05) is 24.5 Å². The van der Waals surface area contributed by atoms with Crippen molar-refractivity contribution < 1.29 is 4.42 Å². The number of thioether (sulfide) groups is 1. The highest BCUT2D eigenvalue weighted by Crippen LogP contribution is 2.18. The van der Waals surface area contributed by atoms with Gasteiger partial charge in [-0.3, -0.25) is 0 Å². The van der Waals surface area contributed by atoms with Crippen LogP contribution in [0.3, 0.4) is 0 Å². The number of rotatable bonds is 8. The Morgan fingerprint density at radius 2 is 2.14 bits per heavy atom. The third-order valence-corrected chi connectivity index (χ3v) is 3.47. The van der Waals surface area contributed by atoms with Crippen LogP contribution < -0.4 is 10.6 Å². The van der Waals surface area contributed by atoms with E-state index in [1.54, 1.807) is 18.0 Å². The van der Waals surface area contributed by atoms with Gasteiger partial charge in [0.15, 0.2) is 5.16 Å². The molecule has 0 bridgehead atoms. The number of hydrogen-bond acceptors (Lipinski definition) is 6. The predicted molar refractivity (Wildman–Crippen MR) is 88.1 cm³/mol. The summed E-state index contributed by atoms with van der Waals surface area (Å²) in [5.74, 6) is 2.68. The van der Waals surface area contributed by atoms with E-state index in [0.29, 0.717) is 0 Å². The Morgan fingerprint density at radius 1 is 1.33 bits per heavy atom. The lowest BCUT2D eigenvalue weighted by Crippen LogP contribution is -2.19. The summed E-state index contributed by atoms with van der Waals surface area (Å²) in [6.07, 6.45) is 5.57. The van der Waals surface area contributed by atoms with Crippen molar-refractivity contribution in [3.05, 3.63) is 30.2 Å². The van der Waals surface area contributed by atoms with E-state index in [9.17, 15) is 0 Å². The lowest BCUT2D eigenvalue weighted by Gasteiger charge is -2.15. The quantitative estimate of drug-likeness (QED) is 0.573. The van der Waals surface area contributed by atoms with E-state index in [0.717, 1.165) is 41.9 Å². The molecular formula is C15H22N4OS. The fourth-order valence-electron chi connectivity index (χ4n) is 1.97. The van der Waals surface area contributed by atoms with Crippen LogP contribution in [0.15, 0.2) is 34.0 Å². The van der Waals surface area contributed by atoms with E-state index < -0.39 is 0 Å². The molecular weight excluding hydrogens is 284 g/mol. The summed E-state index contributed by atoms with van der Waals surface area (Å²) in [5.41, 5.74) is 0. The van der Waals surface area contributed by atoms with Crippen molar-refractivity contribution in [1.29, 1.82) is 0 Å². The van der Waals surface area contributed by atoms with Gasteiger partial charge in [0, 0.05) is 25.1 Å². The van der Waals surface area contributed by atoms with Crippen LogP contribution in [0.5, 0.6) is 0 Å². The molecule has 6 heteroatoms. The van der Waals surface area contributed by atoms with E-state index in [1.165, 1.54) is 0 Å². The molecule has 0 saturated heterocycles. The van der Waals surface area contributed by atoms with Crippen molar-refractivity contribution in [3.8, 4) is 0 Å². The average molecular weight is 306 g/mol. The minimum atomic E-state index is 0.236. The summed E-state index contributed by atoms with van der Waals surface area (Å²) in [4.78, 5) is 8.95. The fraction of sp³-hybridized carbons (Fsp3) is 0.467. The highest BCUT2D eigenvalue weighted by Gasteiger charge is 2.09. The number of nitrogens with zero attached hydrogens (tertiary/aromatic N) is 2. The SMILES string of the molecule is CCCNc1cc(NC(C)Cc2ccco2)nc(SC)n1. The summed E-state index contributed by atoms with van der Waals surface area (Å²) >= 11 is 1.54. The lowest BCUT2D eigenvalue weighted by molar-refractivity contribution is 0.497. The molecule has 0 saturated carbocycles. The molecule has 2 N–H and O–H groups in total. The number of anilines is 2. The van der Waals surface area contributed by atoms with Crippen molar-refractivity contribution >= 4 is 23.4 Å². The van der Waals surface area contributed by atoms with Gasteiger partial charge in [-0.15, -0.1) is 0 Å². The van der Waals surface area contributed by atoms with Crippen LogP contribution in [0, 0.1) is 0 Å². The van der Waals surface area contributed by atoms with Crippen LogP contribution in [0.4, 0.5) is 11.6 Å². The van der Waals surface area contributed by atoms with Crippen LogP contribution in [-0.4, -0.2) is 28.8 Å². The zero-order valence-electron chi connectivity index (χ0n) is 12.7. The zero-order valence-corrected chi connectivity index (χ0v) is 13.5. The van der Waals surface area contributed by atoms with Crippen molar-refractivity contribution in [2.45, 2.75) is 37.9 Å². The number of hydrogen-bond donors (Lipinski definition) is 2. The van der Waals surface area contributed by atoms with Gasteiger partial charge < -0.3 is 15.1 Å². The normalized spacial score (nSPS) is 12.1. The molecule has 0 spiro atoms. The largest absolute Gasteiger partial charge is 0.469 e. The Bertz CT molecular complexity index is 545. The first-order chi connectivity index (χ1) is 10.2. The van der Waals surface area contributed by atoms with Crippen LogP contribution in [0.25, 0.3) is 0 Å². The summed E-state index contributed by atoms with van der Waals surface area (Å²) in [6.45, 7) is 5.16. The van der Waals surface area contributed by atoms with Crippen LogP contribution in [0.1, 0.15) is 26.0 Å². The molecule has 2 heterocycles. The molecule has 5 nitrogen and oxygen atoms in total. The fourth-order valence-corrected chi connectivity index (χ4v) is 2.35. The Hall–Kier alpha value is -1.69. The third kappa shape index (κ3) is 4.97. The summed E-state index contributed by atoms with van der Waals surface area (Å²) in [6, 6.07) is 6.08. The first kappa shape index (κ1) is 15.7. The van der Waals surface area contributed by atoms with Gasteiger partial charge >= 0.3 is 0 Å². The molecule has 0 radical (unpaired) electrons. The third-order valence-electron chi connectivity index (χ3n) is 2.93. The Kier molecular flexibility index (Phi) is 5.92. The monoisotopic (exact) mass is 306 g/mol. The predicted octanol–water partition coefficient (Wildman–Crippen LogP) is 3.66. The molecule has 2 aromatic heterocycles. The molecule has 0 amide bonds. The summed E-state index contributed by atoms with van der Waals surface area (Å²) in [5, 5.41) is 7.48. The molecule has 2 rings (SSSR count). The van der Waals surface area contributed by atoms with Gasteiger partial charge in [0.1, 0.15) is 17.4 Å². The molecule has 0 aliphatic heterocycles. The van der Waals surface area contributed by atoms with Crippen molar-refractivity contribution in [3.63, 3.8) is 0 Å². The molecule has 1 atom stereocenters. The zero-order chi connectivity index (χ0) is 15.1. The minimum absolute atomic E-state index is 0.236. The Morgan fingerprint density at radius 3 is 2.81 bits per heavy atom. The standard InChI is InChI=1S/C15H22N4OS/c1-4-7-16-13-10-14(19-15(18-13)21-3)17-11(2)9-12-6-5-8-20-12/h5-6,8,10-11H,4,7,9H2,1-3H3,(H2,16,17,18,19). The minimum Gasteiger partial charge on any atom is -0.469 e. The van der Waals surface area contributed by atoms with Gasteiger partial charge in [0.2, 0.25) is 0 Å². The number of aromatic nitrogens is 2. The molecule has 21 heavy (non-hydrogen) atoms. The first-order valence-electron chi connectivity index (χ1n) is 7.17. The van der Waals surface area contributed by atoms with Gasteiger partial charge in [0.25, 0.3) is 0 Å². The molecule has 0 aliphatic rings. The molecule has 0 aliphatic carbocycles. The van der Waals surface area contributed by atoms with Gasteiger partial charge in [-0.1, -0.05) is 18.7 Å². The van der Waals surface area contributed by atoms with Gasteiger partial charge in [-0.25, -0.2) is 9.97 Å². The second-order valence-corrected chi connectivity index (χ2v) is 5.65. The van der Waals surface area contributed by atoms with E-state index in [-0.39, 0.29) is 6.04 Å². The average Bonchev–Trinajstić information content (AvgIpc) is 2.97. The van der Waals surface area contributed by atoms with Gasteiger partial charge in [-0.05, 0) is 31.7 Å². The van der Waals surface area contributed by atoms with Crippen molar-refractivity contribution in [2.24, 2.45) is 0 Å². The van der Waals surface area contributed by atoms with E-state index in [4.69, 9.17) is 4.42 Å². The smallest absolute Gasteiger partial charge is 0.191 e. The first-order valence-corrected chi connectivity index (χ1v) is 8.39. The van der Waals surface area contributed by atoms with Crippen molar-refractivity contribution in [1.82, 2.24) is 9.97 Å². The molecule has 2 aromatic rings. The van der Waals surface area contributed by atoms with E-state index in [2.05, 4.69) is 34.4 Å². The van der Waals surface area contributed by atoms with Crippen LogP contribution in [0.2, 0.25) is 0 Å². The summed E-state index contributed by atoms with van der Waals surface area (Å²) < 4.78 is 5.37. The highest BCUT2D eigenvalue weighted by atomic mass is 32.2. The molecule has 0 fully saturated rings. The number of furan rings is 1. The van der Waals surface area contributed by atoms with Crippen molar-refractivity contribution in [2.75, 3.05) is 23.4 Å².